The second-order valence-electron chi connectivity index (χ2n) is 4.64. The molecule has 0 unspecified atom stereocenters. The Morgan fingerprint density at radius 2 is 1.74 bits per heavy atom. The van der Waals surface area contributed by atoms with E-state index in [1.807, 2.05) is 30.4 Å². The zero-order valence-corrected chi connectivity index (χ0v) is 10.8. The summed E-state index contributed by atoms with van der Waals surface area (Å²) in [5.74, 6) is -0.249. The van der Waals surface area contributed by atoms with Gasteiger partial charge < -0.3 is 5.73 Å². The number of halogens is 1. The molecule has 1 aromatic carbocycles. The number of nitrogens with zero attached hydrogens (tertiary/aromatic N) is 2. The molecule has 3 aromatic rings. The molecule has 0 fully saturated rings. The maximum atomic E-state index is 13.0. The van der Waals surface area contributed by atoms with Gasteiger partial charge in [-0.3, -0.25) is 4.40 Å². The quantitative estimate of drug-likeness (QED) is 0.724. The molecule has 3 nitrogen and oxygen atoms in total. The van der Waals surface area contributed by atoms with E-state index in [-0.39, 0.29) is 5.82 Å². The molecule has 0 bridgehead atoms. The number of rotatable bonds is 1. The Morgan fingerprint density at radius 1 is 1.05 bits per heavy atom. The maximum Gasteiger partial charge on any atom is 0.161 e. The summed E-state index contributed by atoms with van der Waals surface area (Å²) < 4.78 is 15.0. The highest BCUT2D eigenvalue weighted by molar-refractivity contribution is 5.73. The Labute approximate surface area is 110 Å². The molecular formula is C15H14FN3. The van der Waals surface area contributed by atoms with Gasteiger partial charge in [-0.1, -0.05) is 0 Å². The van der Waals surface area contributed by atoms with Gasteiger partial charge in [-0.25, -0.2) is 9.37 Å². The van der Waals surface area contributed by atoms with Gasteiger partial charge in [0.15, 0.2) is 5.65 Å². The van der Waals surface area contributed by atoms with Crippen molar-refractivity contribution in [1.29, 1.82) is 0 Å². The molecule has 0 aliphatic carbocycles. The molecule has 0 aliphatic heterocycles. The van der Waals surface area contributed by atoms with Gasteiger partial charge in [0.25, 0.3) is 0 Å². The molecule has 0 saturated carbocycles. The number of aromatic nitrogens is 2. The first-order valence-electron chi connectivity index (χ1n) is 6.08. The van der Waals surface area contributed by atoms with E-state index in [4.69, 9.17) is 5.73 Å². The molecule has 0 saturated heterocycles. The van der Waals surface area contributed by atoms with Crippen LogP contribution in [0.5, 0.6) is 0 Å². The van der Waals surface area contributed by atoms with Crippen molar-refractivity contribution in [2.45, 2.75) is 13.8 Å². The largest absolute Gasteiger partial charge is 0.396 e. The fourth-order valence-electron chi connectivity index (χ4n) is 2.37. The maximum absolute atomic E-state index is 13.0. The minimum Gasteiger partial charge on any atom is -0.396 e. The van der Waals surface area contributed by atoms with Crippen LogP contribution in [0.15, 0.2) is 36.4 Å². The predicted octanol–water partition coefficient (Wildman–Crippen LogP) is 3.34. The van der Waals surface area contributed by atoms with Crippen molar-refractivity contribution in [2.24, 2.45) is 0 Å². The number of hydrogen-bond donors (Lipinski definition) is 1. The highest BCUT2D eigenvalue weighted by Gasteiger charge is 2.13. The molecule has 0 amide bonds. The van der Waals surface area contributed by atoms with Crippen LogP contribution in [0.25, 0.3) is 16.9 Å². The highest BCUT2D eigenvalue weighted by atomic mass is 19.1. The fraction of sp³-hybridized carbons (Fsp3) is 0.133. The number of nitrogens with two attached hydrogens (primary N) is 1. The standard InChI is InChI=1S/C15H14FN3/c1-9-3-8-13(17)15-18-14(10(2)19(9)15)11-4-6-12(16)7-5-11/h3-8H,17H2,1-2H3. The lowest BCUT2D eigenvalue weighted by molar-refractivity contribution is 0.628. The van der Waals surface area contributed by atoms with Crippen molar-refractivity contribution in [3.05, 3.63) is 53.6 Å². The van der Waals surface area contributed by atoms with Crippen molar-refractivity contribution in [2.75, 3.05) is 5.73 Å². The molecular weight excluding hydrogens is 241 g/mol. The van der Waals surface area contributed by atoms with Gasteiger partial charge in [-0.15, -0.1) is 0 Å². The van der Waals surface area contributed by atoms with Crippen LogP contribution in [-0.2, 0) is 0 Å². The van der Waals surface area contributed by atoms with E-state index in [1.165, 1.54) is 12.1 Å². The molecule has 3 rings (SSSR count). The molecule has 96 valence electrons. The van der Waals surface area contributed by atoms with E-state index in [9.17, 15) is 4.39 Å². The van der Waals surface area contributed by atoms with Crippen molar-refractivity contribution in [3.8, 4) is 11.3 Å². The molecule has 0 radical (unpaired) electrons. The summed E-state index contributed by atoms with van der Waals surface area (Å²) in [5, 5.41) is 0. The molecule has 0 atom stereocenters. The van der Waals surface area contributed by atoms with Gasteiger partial charge in [0.05, 0.1) is 11.4 Å². The number of benzene rings is 1. The SMILES string of the molecule is Cc1ccc(N)c2nc(-c3ccc(F)cc3)c(C)n12. The molecule has 2 heterocycles. The summed E-state index contributed by atoms with van der Waals surface area (Å²) in [6, 6.07) is 10.2. The van der Waals surface area contributed by atoms with Crippen LogP contribution in [0.1, 0.15) is 11.4 Å². The van der Waals surface area contributed by atoms with Crippen LogP contribution in [-0.4, -0.2) is 9.38 Å². The van der Waals surface area contributed by atoms with Crippen molar-refractivity contribution in [1.82, 2.24) is 9.38 Å². The Hall–Kier alpha value is -2.36. The second-order valence-corrected chi connectivity index (χ2v) is 4.64. The van der Waals surface area contributed by atoms with E-state index in [0.717, 1.165) is 28.3 Å². The van der Waals surface area contributed by atoms with Gasteiger partial charge in [-0.05, 0) is 50.2 Å². The minimum atomic E-state index is -0.249. The number of hydrogen-bond acceptors (Lipinski definition) is 2. The van der Waals surface area contributed by atoms with E-state index in [2.05, 4.69) is 4.98 Å². The predicted molar refractivity (Wildman–Crippen MR) is 74.5 cm³/mol. The number of nitrogen functional groups attached to an aromatic ring is 1. The van der Waals surface area contributed by atoms with Crippen LogP contribution < -0.4 is 5.73 Å². The molecule has 19 heavy (non-hydrogen) atoms. The molecule has 0 spiro atoms. The Morgan fingerprint density at radius 3 is 2.37 bits per heavy atom. The van der Waals surface area contributed by atoms with E-state index in [0.29, 0.717) is 5.69 Å². The zero-order valence-electron chi connectivity index (χ0n) is 10.8. The summed E-state index contributed by atoms with van der Waals surface area (Å²) in [6.07, 6.45) is 0. The number of anilines is 1. The average Bonchev–Trinajstić information content (AvgIpc) is 2.74. The summed E-state index contributed by atoms with van der Waals surface area (Å²) in [4.78, 5) is 4.59. The van der Waals surface area contributed by atoms with E-state index < -0.39 is 0 Å². The van der Waals surface area contributed by atoms with Gasteiger partial charge >= 0.3 is 0 Å². The monoisotopic (exact) mass is 255 g/mol. The zero-order chi connectivity index (χ0) is 13.6. The van der Waals surface area contributed by atoms with Crippen LogP contribution >= 0.6 is 0 Å². The molecule has 2 aromatic heterocycles. The van der Waals surface area contributed by atoms with E-state index >= 15 is 0 Å². The first-order valence-corrected chi connectivity index (χ1v) is 6.08. The highest BCUT2D eigenvalue weighted by Crippen LogP contribution is 2.27. The number of aryl methyl sites for hydroxylation is 2. The third-order valence-corrected chi connectivity index (χ3v) is 3.34. The van der Waals surface area contributed by atoms with Crippen molar-refractivity contribution < 1.29 is 4.39 Å². The molecule has 2 N–H and O–H groups in total. The van der Waals surface area contributed by atoms with Crippen LogP contribution in [0, 0.1) is 19.7 Å². The first-order chi connectivity index (χ1) is 9.08. The Bertz CT molecular complexity index is 757. The smallest absolute Gasteiger partial charge is 0.161 e. The summed E-state index contributed by atoms with van der Waals surface area (Å²) in [7, 11) is 0. The topological polar surface area (TPSA) is 43.3 Å². The molecule has 0 aliphatic rings. The lowest BCUT2D eigenvalue weighted by Crippen LogP contribution is -1.97. The first kappa shape index (κ1) is 11.7. The Kier molecular flexibility index (Phi) is 2.52. The van der Waals surface area contributed by atoms with Gasteiger partial charge in [0.2, 0.25) is 0 Å². The van der Waals surface area contributed by atoms with Crippen LogP contribution in [0.4, 0.5) is 10.1 Å². The lowest BCUT2D eigenvalue weighted by Gasteiger charge is -2.04. The van der Waals surface area contributed by atoms with Gasteiger partial charge in [0.1, 0.15) is 5.82 Å². The van der Waals surface area contributed by atoms with Crippen LogP contribution in [0.3, 0.4) is 0 Å². The third kappa shape index (κ3) is 1.76. The lowest BCUT2D eigenvalue weighted by atomic mass is 10.1. The second kappa shape index (κ2) is 4.09. The third-order valence-electron chi connectivity index (χ3n) is 3.34. The van der Waals surface area contributed by atoms with Crippen molar-refractivity contribution in [3.63, 3.8) is 0 Å². The molecule has 4 heteroatoms. The van der Waals surface area contributed by atoms with Crippen molar-refractivity contribution >= 4 is 11.3 Å². The van der Waals surface area contributed by atoms with E-state index in [1.54, 1.807) is 12.1 Å². The summed E-state index contributed by atoms with van der Waals surface area (Å²) in [5.41, 5.74) is 11.2. The number of imidazole rings is 1. The minimum absolute atomic E-state index is 0.249. The summed E-state index contributed by atoms with van der Waals surface area (Å²) >= 11 is 0. The Balaban J connectivity index is 2.31. The van der Waals surface area contributed by atoms with Gasteiger partial charge in [0, 0.05) is 17.0 Å². The number of pyridine rings is 1. The summed E-state index contributed by atoms with van der Waals surface area (Å²) in [6.45, 7) is 4.00. The van der Waals surface area contributed by atoms with Crippen LogP contribution in [0.2, 0.25) is 0 Å². The van der Waals surface area contributed by atoms with Gasteiger partial charge in [-0.2, -0.15) is 0 Å². The average molecular weight is 255 g/mol. The normalized spacial score (nSPS) is 11.1. The number of fused-ring (bicyclic) bond motifs is 1. The fourth-order valence-corrected chi connectivity index (χ4v) is 2.37.